The summed E-state index contributed by atoms with van der Waals surface area (Å²) in [6, 6.07) is 9.77. The summed E-state index contributed by atoms with van der Waals surface area (Å²) in [7, 11) is 0. The van der Waals surface area contributed by atoms with Crippen molar-refractivity contribution in [2.75, 3.05) is 0 Å². The summed E-state index contributed by atoms with van der Waals surface area (Å²) in [5.41, 5.74) is 1.80. The molecule has 1 heterocycles. The van der Waals surface area contributed by atoms with Gasteiger partial charge in [-0.1, -0.05) is 28.9 Å². The zero-order valence-corrected chi connectivity index (χ0v) is 12.2. The summed E-state index contributed by atoms with van der Waals surface area (Å²) in [5.74, 6) is 0.119. The second-order valence-electron chi connectivity index (χ2n) is 3.91. The van der Waals surface area contributed by atoms with Gasteiger partial charge >= 0.3 is 0 Å². The van der Waals surface area contributed by atoms with Crippen LogP contribution in [0.15, 0.2) is 34.8 Å². The average molecular weight is 309 g/mol. The highest BCUT2D eigenvalue weighted by molar-refractivity contribution is 9.10. The molecule has 0 aliphatic heterocycles. The van der Waals surface area contributed by atoms with Crippen LogP contribution in [0.4, 0.5) is 0 Å². The minimum atomic E-state index is 0.119. The molecule has 1 nitrogen and oxygen atoms in total. The maximum Gasteiger partial charge on any atom is 0.203 e. The summed E-state index contributed by atoms with van der Waals surface area (Å²) in [6.07, 6.45) is 0.982. The molecule has 0 saturated heterocycles. The molecule has 0 spiro atoms. The Morgan fingerprint density at radius 3 is 2.71 bits per heavy atom. The quantitative estimate of drug-likeness (QED) is 0.757. The summed E-state index contributed by atoms with van der Waals surface area (Å²) in [6.45, 7) is 4.07. The first kappa shape index (κ1) is 12.5. The van der Waals surface area contributed by atoms with Crippen LogP contribution in [0.25, 0.3) is 0 Å². The number of carbonyl (C=O) groups excluding carboxylic acids is 1. The fraction of sp³-hybridized carbons (Fsp3) is 0.214. The third kappa shape index (κ3) is 2.67. The van der Waals surface area contributed by atoms with E-state index in [1.165, 1.54) is 4.88 Å². The fourth-order valence-electron chi connectivity index (χ4n) is 1.66. The highest BCUT2D eigenvalue weighted by Crippen LogP contribution is 2.24. The smallest absolute Gasteiger partial charge is 0.203 e. The van der Waals surface area contributed by atoms with Gasteiger partial charge in [0.15, 0.2) is 0 Å². The largest absolute Gasteiger partial charge is 0.288 e. The van der Waals surface area contributed by atoms with Gasteiger partial charge in [0.2, 0.25) is 5.78 Å². The molecule has 0 radical (unpaired) electrons. The van der Waals surface area contributed by atoms with Gasteiger partial charge in [-0.15, -0.1) is 11.3 Å². The lowest BCUT2D eigenvalue weighted by atomic mass is 10.0. The Morgan fingerprint density at radius 1 is 1.29 bits per heavy atom. The van der Waals surface area contributed by atoms with Gasteiger partial charge in [-0.05, 0) is 43.2 Å². The van der Waals surface area contributed by atoms with Crippen molar-refractivity contribution < 1.29 is 4.79 Å². The molecule has 88 valence electrons. The number of thiophene rings is 1. The first-order valence-electron chi connectivity index (χ1n) is 5.51. The molecule has 1 aromatic heterocycles. The van der Waals surface area contributed by atoms with Crippen LogP contribution in [0, 0.1) is 6.92 Å². The zero-order valence-electron chi connectivity index (χ0n) is 9.79. The number of hydrogen-bond donors (Lipinski definition) is 0. The minimum Gasteiger partial charge on any atom is -0.288 e. The number of aryl methyl sites for hydroxylation is 2. The molecule has 0 amide bonds. The topological polar surface area (TPSA) is 17.1 Å². The first-order valence-corrected chi connectivity index (χ1v) is 7.12. The standard InChI is InChI=1S/C14H13BrOS/c1-3-11-6-7-13(17-11)14(16)12-8-10(15)5-4-9(12)2/h4-8H,3H2,1-2H3. The molecule has 0 aliphatic carbocycles. The number of benzene rings is 1. The summed E-state index contributed by atoms with van der Waals surface area (Å²) in [5, 5.41) is 0. The third-order valence-corrected chi connectivity index (χ3v) is 4.40. The Balaban J connectivity index is 2.39. The lowest BCUT2D eigenvalue weighted by Crippen LogP contribution is -2.01. The van der Waals surface area contributed by atoms with Gasteiger partial charge in [-0.3, -0.25) is 4.79 Å². The number of carbonyl (C=O) groups is 1. The van der Waals surface area contributed by atoms with Crippen LogP contribution >= 0.6 is 27.3 Å². The third-order valence-electron chi connectivity index (χ3n) is 2.68. The van der Waals surface area contributed by atoms with Crippen molar-refractivity contribution in [2.45, 2.75) is 20.3 Å². The van der Waals surface area contributed by atoms with E-state index in [1.807, 2.05) is 37.3 Å². The van der Waals surface area contributed by atoms with Gasteiger partial charge in [0, 0.05) is 14.9 Å². The molecule has 0 aliphatic rings. The van der Waals surface area contributed by atoms with E-state index in [0.29, 0.717) is 0 Å². The number of halogens is 1. The van der Waals surface area contributed by atoms with Crippen LogP contribution in [0.5, 0.6) is 0 Å². The molecule has 17 heavy (non-hydrogen) atoms. The molecule has 0 saturated carbocycles. The second-order valence-corrected chi connectivity index (χ2v) is 5.99. The van der Waals surface area contributed by atoms with Gasteiger partial charge < -0.3 is 0 Å². The van der Waals surface area contributed by atoms with E-state index in [2.05, 4.69) is 22.9 Å². The molecule has 1 aromatic carbocycles. The van der Waals surface area contributed by atoms with Crippen molar-refractivity contribution in [3.05, 3.63) is 55.7 Å². The first-order chi connectivity index (χ1) is 8.11. The van der Waals surface area contributed by atoms with Crippen molar-refractivity contribution >= 4 is 33.0 Å². The Kier molecular flexibility index (Phi) is 3.79. The highest BCUT2D eigenvalue weighted by Gasteiger charge is 2.14. The monoisotopic (exact) mass is 308 g/mol. The zero-order chi connectivity index (χ0) is 12.4. The van der Waals surface area contributed by atoms with E-state index < -0.39 is 0 Å². The van der Waals surface area contributed by atoms with E-state index >= 15 is 0 Å². The van der Waals surface area contributed by atoms with E-state index in [1.54, 1.807) is 11.3 Å². The van der Waals surface area contributed by atoms with Crippen LogP contribution in [0.1, 0.15) is 32.6 Å². The van der Waals surface area contributed by atoms with E-state index in [0.717, 1.165) is 26.9 Å². The maximum atomic E-state index is 12.3. The van der Waals surface area contributed by atoms with Crippen molar-refractivity contribution in [3.63, 3.8) is 0 Å². The van der Waals surface area contributed by atoms with Gasteiger partial charge in [0.1, 0.15) is 0 Å². The van der Waals surface area contributed by atoms with Crippen LogP contribution in [-0.4, -0.2) is 5.78 Å². The van der Waals surface area contributed by atoms with E-state index in [4.69, 9.17) is 0 Å². The van der Waals surface area contributed by atoms with Crippen molar-refractivity contribution in [1.29, 1.82) is 0 Å². The summed E-state index contributed by atoms with van der Waals surface area (Å²) >= 11 is 4.99. The average Bonchev–Trinajstić information content (AvgIpc) is 2.80. The normalized spacial score (nSPS) is 10.5. The Labute approximate surface area is 114 Å². The SMILES string of the molecule is CCc1ccc(C(=O)c2cc(Br)ccc2C)s1. The molecule has 0 atom stereocenters. The molecule has 0 N–H and O–H groups in total. The van der Waals surface area contributed by atoms with Crippen molar-refractivity contribution in [3.8, 4) is 0 Å². The van der Waals surface area contributed by atoms with Crippen LogP contribution in [0.3, 0.4) is 0 Å². The maximum absolute atomic E-state index is 12.3. The summed E-state index contributed by atoms with van der Waals surface area (Å²) < 4.78 is 0.943. The molecule has 0 bridgehead atoms. The van der Waals surface area contributed by atoms with Gasteiger partial charge in [-0.25, -0.2) is 0 Å². The number of hydrogen-bond acceptors (Lipinski definition) is 2. The van der Waals surface area contributed by atoms with Crippen molar-refractivity contribution in [1.82, 2.24) is 0 Å². The molecule has 0 unspecified atom stereocenters. The highest BCUT2D eigenvalue weighted by atomic mass is 79.9. The fourth-order valence-corrected chi connectivity index (χ4v) is 2.92. The van der Waals surface area contributed by atoms with Crippen LogP contribution in [0.2, 0.25) is 0 Å². The molecular formula is C14H13BrOS. The molecule has 0 fully saturated rings. The lowest BCUT2D eigenvalue weighted by molar-refractivity contribution is 0.104. The van der Waals surface area contributed by atoms with E-state index in [9.17, 15) is 4.79 Å². The Hall–Kier alpha value is -0.930. The summed E-state index contributed by atoms with van der Waals surface area (Å²) in [4.78, 5) is 14.4. The van der Waals surface area contributed by atoms with Gasteiger partial charge in [-0.2, -0.15) is 0 Å². The number of rotatable bonds is 3. The molecule has 2 aromatic rings. The second kappa shape index (κ2) is 5.15. The Bertz CT molecular complexity index is 557. The van der Waals surface area contributed by atoms with Crippen molar-refractivity contribution in [2.24, 2.45) is 0 Å². The molecule has 2 rings (SSSR count). The minimum absolute atomic E-state index is 0.119. The van der Waals surface area contributed by atoms with Gasteiger partial charge in [0.25, 0.3) is 0 Å². The van der Waals surface area contributed by atoms with Crippen LogP contribution < -0.4 is 0 Å². The predicted molar refractivity (Wildman–Crippen MR) is 76.0 cm³/mol. The van der Waals surface area contributed by atoms with Gasteiger partial charge in [0.05, 0.1) is 4.88 Å². The van der Waals surface area contributed by atoms with E-state index in [-0.39, 0.29) is 5.78 Å². The Morgan fingerprint density at radius 2 is 2.06 bits per heavy atom. The van der Waals surface area contributed by atoms with Crippen LogP contribution in [-0.2, 0) is 6.42 Å². The number of ketones is 1. The lowest BCUT2D eigenvalue weighted by Gasteiger charge is -2.03. The predicted octanol–water partition coefficient (Wildman–Crippen LogP) is 4.61. The molecular weight excluding hydrogens is 296 g/mol. The molecule has 3 heteroatoms.